The van der Waals surface area contributed by atoms with Crippen LogP contribution in [0.25, 0.3) is 0 Å². The van der Waals surface area contributed by atoms with E-state index in [1.54, 1.807) is 14.0 Å². The monoisotopic (exact) mass is 252 g/mol. The van der Waals surface area contributed by atoms with Crippen LogP contribution in [0.15, 0.2) is 12.2 Å². The van der Waals surface area contributed by atoms with Gasteiger partial charge in [-0.15, -0.1) is 0 Å². The third-order valence-electron chi connectivity index (χ3n) is 4.90. The number of esters is 1. The minimum absolute atomic E-state index is 0.00185. The summed E-state index contributed by atoms with van der Waals surface area (Å²) in [7, 11) is 1.69. The first-order chi connectivity index (χ1) is 8.46. The molecule has 4 nitrogen and oxygen atoms in total. The first kappa shape index (κ1) is 12.2. The van der Waals surface area contributed by atoms with E-state index in [0.29, 0.717) is 23.3 Å². The van der Waals surface area contributed by atoms with Gasteiger partial charge in [-0.2, -0.15) is 0 Å². The minimum Gasteiger partial charge on any atom is -0.456 e. The average Bonchev–Trinajstić information content (AvgIpc) is 2.92. The topological polar surface area (TPSA) is 44.8 Å². The van der Waals surface area contributed by atoms with E-state index in [0.717, 1.165) is 12.8 Å². The first-order valence-electron chi connectivity index (χ1n) is 6.55. The SMILES string of the molecule is C=C(C)C(=O)OC1C2CC3C1OC(C)(OC)C3C2. The predicted molar refractivity (Wildman–Crippen MR) is 64.7 cm³/mol. The van der Waals surface area contributed by atoms with Crippen LogP contribution >= 0.6 is 0 Å². The molecular weight excluding hydrogens is 232 g/mol. The number of rotatable bonds is 3. The van der Waals surface area contributed by atoms with Crippen molar-refractivity contribution < 1.29 is 19.0 Å². The molecule has 4 heteroatoms. The van der Waals surface area contributed by atoms with Gasteiger partial charge in [-0.25, -0.2) is 4.79 Å². The highest BCUT2D eigenvalue weighted by Crippen LogP contribution is 2.60. The smallest absolute Gasteiger partial charge is 0.333 e. The van der Waals surface area contributed by atoms with Crippen molar-refractivity contribution in [2.24, 2.45) is 17.8 Å². The molecule has 18 heavy (non-hydrogen) atoms. The molecule has 1 heterocycles. The summed E-state index contributed by atoms with van der Waals surface area (Å²) in [5.74, 6) is 0.526. The van der Waals surface area contributed by atoms with Gasteiger partial charge in [-0.05, 0) is 38.5 Å². The number of fused-ring (bicyclic) bond motifs is 1. The quantitative estimate of drug-likeness (QED) is 0.568. The summed E-state index contributed by atoms with van der Waals surface area (Å²) in [6, 6.07) is 0. The van der Waals surface area contributed by atoms with Gasteiger partial charge in [0.05, 0.1) is 0 Å². The fourth-order valence-electron chi connectivity index (χ4n) is 3.96. The number of carbonyl (C=O) groups is 1. The van der Waals surface area contributed by atoms with Crippen molar-refractivity contribution in [3.8, 4) is 0 Å². The van der Waals surface area contributed by atoms with E-state index in [1.807, 2.05) is 6.92 Å². The molecule has 0 radical (unpaired) electrons. The van der Waals surface area contributed by atoms with Crippen molar-refractivity contribution in [2.75, 3.05) is 7.11 Å². The fraction of sp³-hybridized carbons (Fsp3) is 0.786. The van der Waals surface area contributed by atoms with Crippen LogP contribution in [0.4, 0.5) is 0 Å². The Balaban J connectivity index is 1.78. The molecule has 2 saturated carbocycles. The Hall–Kier alpha value is -0.870. The van der Waals surface area contributed by atoms with Gasteiger partial charge in [0, 0.05) is 18.6 Å². The summed E-state index contributed by atoms with van der Waals surface area (Å²) in [5, 5.41) is 0. The van der Waals surface area contributed by atoms with E-state index in [9.17, 15) is 4.79 Å². The van der Waals surface area contributed by atoms with Crippen molar-refractivity contribution in [1.82, 2.24) is 0 Å². The van der Waals surface area contributed by atoms with E-state index in [4.69, 9.17) is 14.2 Å². The molecule has 3 fully saturated rings. The zero-order valence-corrected chi connectivity index (χ0v) is 11.1. The van der Waals surface area contributed by atoms with Gasteiger partial charge in [-0.1, -0.05) is 6.58 Å². The Kier molecular flexibility index (Phi) is 2.58. The Morgan fingerprint density at radius 1 is 1.44 bits per heavy atom. The van der Waals surface area contributed by atoms with Crippen LogP contribution in [0.2, 0.25) is 0 Å². The molecule has 1 saturated heterocycles. The van der Waals surface area contributed by atoms with Gasteiger partial charge in [0.2, 0.25) is 0 Å². The maximum Gasteiger partial charge on any atom is 0.333 e. The maximum atomic E-state index is 11.7. The van der Waals surface area contributed by atoms with Crippen molar-refractivity contribution in [1.29, 1.82) is 0 Å². The van der Waals surface area contributed by atoms with Crippen LogP contribution in [0, 0.1) is 17.8 Å². The van der Waals surface area contributed by atoms with Crippen LogP contribution in [0.3, 0.4) is 0 Å². The summed E-state index contributed by atoms with van der Waals surface area (Å²) < 4.78 is 17.1. The third kappa shape index (κ3) is 1.48. The highest BCUT2D eigenvalue weighted by Gasteiger charge is 2.66. The Labute approximate surface area is 107 Å². The zero-order chi connectivity index (χ0) is 13.1. The lowest BCUT2D eigenvalue weighted by molar-refractivity contribution is -0.223. The first-order valence-corrected chi connectivity index (χ1v) is 6.55. The van der Waals surface area contributed by atoms with Crippen LogP contribution in [-0.2, 0) is 19.0 Å². The van der Waals surface area contributed by atoms with Crippen LogP contribution < -0.4 is 0 Å². The number of hydrogen-bond acceptors (Lipinski definition) is 4. The summed E-state index contributed by atoms with van der Waals surface area (Å²) in [6.07, 6.45) is 2.00. The molecule has 0 aromatic heterocycles. The second-order valence-electron chi connectivity index (χ2n) is 5.95. The van der Waals surface area contributed by atoms with Gasteiger partial charge in [-0.3, -0.25) is 0 Å². The standard InChI is InChI=1S/C14H20O4/c1-7(2)13(15)17-11-8-5-9-10(6-8)14(3,16-4)18-12(9)11/h8-12H,1,5-6H2,2-4H3. The lowest BCUT2D eigenvalue weighted by atomic mass is 9.84. The molecule has 1 aliphatic heterocycles. The second kappa shape index (κ2) is 3.81. The van der Waals surface area contributed by atoms with Gasteiger partial charge in [0.1, 0.15) is 12.2 Å². The van der Waals surface area contributed by atoms with Gasteiger partial charge in [0.25, 0.3) is 0 Å². The summed E-state index contributed by atoms with van der Waals surface area (Å²) in [5.41, 5.74) is 0.446. The molecule has 6 atom stereocenters. The molecule has 0 aromatic rings. The molecule has 2 aliphatic carbocycles. The summed E-state index contributed by atoms with van der Waals surface area (Å²) in [6.45, 7) is 7.29. The largest absolute Gasteiger partial charge is 0.456 e. The average molecular weight is 252 g/mol. The molecule has 3 rings (SSSR count). The van der Waals surface area contributed by atoms with Gasteiger partial charge in [0.15, 0.2) is 5.79 Å². The Bertz CT molecular complexity index is 405. The van der Waals surface area contributed by atoms with Crippen molar-refractivity contribution in [3.05, 3.63) is 12.2 Å². The molecular formula is C14H20O4. The lowest BCUT2D eigenvalue weighted by Gasteiger charge is -2.27. The van der Waals surface area contributed by atoms with E-state index in [1.165, 1.54) is 0 Å². The van der Waals surface area contributed by atoms with Gasteiger partial charge < -0.3 is 14.2 Å². The maximum absolute atomic E-state index is 11.7. The molecule has 2 bridgehead atoms. The second-order valence-corrected chi connectivity index (χ2v) is 5.95. The lowest BCUT2D eigenvalue weighted by Crippen LogP contribution is -2.36. The molecule has 0 aromatic carbocycles. The van der Waals surface area contributed by atoms with Crippen molar-refractivity contribution >= 4 is 5.97 Å². The van der Waals surface area contributed by atoms with E-state index in [2.05, 4.69) is 6.58 Å². The molecule has 0 N–H and O–H groups in total. The summed E-state index contributed by atoms with van der Waals surface area (Å²) in [4.78, 5) is 11.7. The highest BCUT2D eigenvalue weighted by molar-refractivity contribution is 5.87. The molecule has 0 spiro atoms. The molecule has 3 aliphatic rings. The minimum atomic E-state index is -0.505. The normalized spacial score (nSPS) is 48.5. The molecule has 0 amide bonds. The van der Waals surface area contributed by atoms with Crippen LogP contribution in [0.1, 0.15) is 26.7 Å². The number of carbonyl (C=O) groups excluding carboxylic acids is 1. The fourth-order valence-corrected chi connectivity index (χ4v) is 3.96. The molecule has 100 valence electrons. The zero-order valence-electron chi connectivity index (χ0n) is 11.1. The van der Waals surface area contributed by atoms with Crippen molar-refractivity contribution in [2.45, 2.75) is 44.7 Å². The Morgan fingerprint density at radius 2 is 2.17 bits per heavy atom. The van der Waals surface area contributed by atoms with Crippen LogP contribution in [-0.4, -0.2) is 31.1 Å². The number of ether oxygens (including phenoxy) is 3. The van der Waals surface area contributed by atoms with E-state index in [-0.39, 0.29) is 18.2 Å². The summed E-state index contributed by atoms with van der Waals surface area (Å²) >= 11 is 0. The van der Waals surface area contributed by atoms with E-state index >= 15 is 0 Å². The number of hydrogen-bond donors (Lipinski definition) is 0. The third-order valence-corrected chi connectivity index (χ3v) is 4.90. The predicted octanol–water partition coefficient (Wildman–Crippen LogP) is 1.89. The Morgan fingerprint density at radius 3 is 2.78 bits per heavy atom. The van der Waals surface area contributed by atoms with Crippen LogP contribution in [0.5, 0.6) is 0 Å². The highest BCUT2D eigenvalue weighted by atomic mass is 16.7. The van der Waals surface area contributed by atoms with E-state index < -0.39 is 5.79 Å². The molecule has 6 unspecified atom stereocenters. The number of methoxy groups -OCH3 is 1. The van der Waals surface area contributed by atoms with Crippen molar-refractivity contribution in [3.63, 3.8) is 0 Å². The van der Waals surface area contributed by atoms with Gasteiger partial charge >= 0.3 is 5.97 Å².